The number of hydrogen-bond donors (Lipinski definition) is 4. The molecule has 0 bridgehead atoms. The number of carboxylic acid groups (broad SMARTS) is 1. The van der Waals surface area contributed by atoms with E-state index in [4.69, 9.17) is 34.8 Å². The smallest absolute Gasteiger partial charge is 0.270 e. The maximum Gasteiger partial charge on any atom is 0.270 e. The average Bonchev–Trinajstić information content (AvgIpc) is 2.81. The Balaban J connectivity index is 2.10. The van der Waals surface area contributed by atoms with Crippen molar-refractivity contribution in [2.45, 2.75) is 13.1 Å². The zero-order valence-electron chi connectivity index (χ0n) is 18.2. The van der Waals surface area contributed by atoms with Gasteiger partial charge in [-0.15, -0.1) is 0 Å². The van der Waals surface area contributed by atoms with Gasteiger partial charge in [-0.05, 0) is 23.8 Å². The minimum Gasteiger partial charge on any atom is -0.548 e. The first-order chi connectivity index (χ1) is 17.0. The van der Waals surface area contributed by atoms with E-state index in [1.54, 1.807) is 18.2 Å². The molecule has 2 aromatic carbocycles. The van der Waals surface area contributed by atoms with Crippen LogP contribution in [0.5, 0.6) is 11.6 Å². The average molecular weight is 554 g/mol. The number of nitrogens with zero attached hydrogens (tertiary/aromatic N) is 1. The summed E-state index contributed by atoms with van der Waals surface area (Å²) >= 11 is 18.3. The molecule has 0 spiro atoms. The topological polar surface area (TPSA) is 161 Å². The molecule has 0 saturated carbocycles. The molecular formula is C23H17Cl3N3O7-. The van der Waals surface area contributed by atoms with Crippen LogP contribution in [0.15, 0.2) is 47.3 Å². The number of amides is 2. The zero-order valence-corrected chi connectivity index (χ0v) is 20.4. The van der Waals surface area contributed by atoms with Crippen molar-refractivity contribution in [3.05, 3.63) is 90.1 Å². The fourth-order valence-corrected chi connectivity index (χ4v) is 3.98. The number of hydrogen-bond acceptors (Lipinski definition) is 7. The Hall–Kier alpha value is -3.73. The molecule has 36 heavy (non-hydrogen) atoms. The summed E-state index contributed by atoms with van der Waals surface area (Å²) < 4.78 is 0.645. The maximum atomic E-state index is 13.1. The van der Waals surface area contributed by atoms with E-state index in [0.29, 0.717) is 15.7 Å². The third-order valence-electron chi connectivity index (χ3n) is 5.03. The first-order valence-corrected chi connectivity index (χ1v) is 11.3. The van der Waals surface area contributed by atoms with Crippen LogP contribution >= 0.6 is 34.8 Å². The maximum absolute atomic E-state index is 13.1. The highest BCUT2D eigenvalue weighted by Gasteiger charge is 2.30. The van der Waals surface area contributed by atoms with Crippen LogP contribution in [0, 0.1) is 0 Å². The molecule has 0 aliphatic carbocycles. The summed E-state index contributed by atoms with van der Waals surface area (Å²) in [7, 11) is 0. The standard InChI is InChI=1S/C23H18Cl3N3O7/c24-13-5-2-1-4-11(13)10-29-22(35)17(19(32)18(23(29)36)21(34)28-9-16(30)31)20(33)27-8-12-14(25)6-3-7-15(12)26/h1-7,32,35H,8-10H2,(H,27,33)(H,28,34)(H,30,31)/p-1. The quantitative estimate of drug-likeness (QED) is 0.330. The summed E-state index contributed by atoms with van der Waals surface area (Å²) in [6, 6.07) is 11.0. The van der Waals surface area contributed by atoms with Gasteiger partial charge in [-0.1, -0.05) is 59.1 Å². The molecule has 4 N–H and O–H groups in total. The first-order valence-electron chi connectivity index (χ1n) is 10.1. The van der Waals surface area contributed by atoms with Crippen molar-refractivity contribution >= 4 is 52.6 Å². The molecule has 0 radical (unpaired) electrons. The minimum atomic E-state index is -1.66. The Bertz CT molecular complexity index is 1400. The summed E-state index contributed by atoms with van der Waals surface area (Å²) in [4.78, 5) is 49.4. The number of benzene rings is 2. The summed E-state index contributed by atoms with van der Waals surface area (Å²) in [5, 5.41) is 37.2. The van der Waals surface area contributed by atoms with Crippen LogP contribution in [0.2, 0.25) is 15.1 Å². The Morgan fingerprint density at radius 3 is 2.06 bits per heavy atom. The number of carboxylic acids is 1. The number of halogens is 3. The minimum absolute atomic E-state index is 0.221. The number of aliphatic carboxylic acids is 1. The molecule has 2 amide bonds. The van der Waals surface area contributed by atoms with Crippen molar-refractivity contribution in [2.24, 2.45) is 0 Å². The lowest BCUT2D eigenvalue weighted by atomic mass is 10.1. The van der Waals surface area contributed by atoms with E-state index in [-0.39, 0.29) is 28.2 Å². The molecule has 10 nitrogen and oxygen atoms in total. The molecule has 0 saturated heterocycles. The fourth-order valence-electron chi connectivity index (χ4n) is 3.25. The molecule has 3 aromatic rings. The van der Waals surface area contributed by atoms with E-state index in [1.165, 1.54) is 24.3 Å². The molecule has 0 aliphatic rings. The number of nitrogens with one attached hydrogen (secondary N) is 2. The van der Waals surface area contributed by atoms with Crippen molar-refractivity contribution in [1.82, 2.24) is 15.2 Å². The Morgan fingerprint density at radius 1 is 0.861 bits per heavy atom. The monoisotopic (exact) mass is 552 g/mol. The predicted octanol–water partition coefficient (Wildman–Crippen LogP) is 1.68. The van der Waals surface area contributed by atoms with E-state index in [2.05, 4.69) is 5.32 Å². The number of carbonyl (C=O) groups excluding carboxylic acids is 3. The van der Waals surface area contributed by atoms with Gasteiger partial charge in [0.25, 0.3) is 17.4 Å². The van der Waals surface area contributed by atoms with Crippen LogP contribution in [0.1, 0.15) is 31.8 Å². The summed E-state index contributed by atoms with van der Waals surface area (Å²) in [6.07, 6.45) is 0. The molecule has 0 unspecified atom stereocenters. The van der Waals surface area contributed by atoms with E-state index >= 15 is 0 Å². The molecule has 188 valence electrons. The number of pyridine rings is 1. The highest BCUT2D eigenvalue weighted by molar-refractivity contribution is 6.36. The van der Waals surface area contributed by atoms with Crippen molar-refractivity contribution in [1.29, 1.82) is 0 Å². The zero-order chi connectivity index (χ0) is 26.6. The van der Waals surface area contributed by atoms with Gasteiger partial charge in [0.2, 0.25) is 5.88 Å². The lowest BCUT2D eigenvalue weighted by Crippen LogP contribution is -2.41. The number of aromatic nitrogens is 1. The third-order valence-corrected chi connectivity index (χ3v) is 6.11. The van der Waals surface area contributed by atoms with E-state index in [0.717, 1.165) is 0 Å². The summed E-state index contributed by atoms with van der Waals surface area (Å²) in [5.41, 5.74) is -2.31. The Labute approximate surface area is 218 Å². The van der Waals surface area contributed by atoms with Gasteiger partial charge in [0, 0.05) is 27.2 Å². The van der Waals surface area contributed by atoms with Gasteiger partial charge in [0.15, 0.2) is 5.75 Å². The van der Waals surface area contributed by atoms with Gasteiger partial charge in [-0.3, -0.25) is 19.0 Å². The lowest BCUT2D eigenvalue weighted by Gasteiger charge is -2.18. The van der Waals surface area contributed by atoms with Crippen molar-refractivity contribution < 1.29 is 29.7 Å². The van der Waals surface area contributed by atoms with Crippen molar-refractivity contribution in [3.8, 4) is 11.6 Å². The highest BCUT2D eigenvalue weighted by atomic mass is 35.5. The first kappa shape index (κ1) is 26.9. The number of carbonyl (C=O) groups is 3. The molecule has 0 fully saturated rings. The molecule has 1 heterocycles. The molecular weight excluding hydrogens is 537 g/mol. The summed E-state index contributed by atoms with van der Waals surface area (Å²) in [5.74, 6) is -6.17. The number of rotatable bonds is 8. The van der Waals surface area contributed by atoms with Gasteiger partial charge < -0.3 is 30.7 Å². The van der Waals surface area contributed by atoms with Gasteiger partial charge in [-0.25, -0.2) is 0 Å². The predicted molar refractivity (Wildman–Crippen MR) is 130 cm³/mol. The summed E-state index contributed by atoms with van der Waals surface area (Å²) in [6.45, 7) is -1.59. The van der Waals surface area contributed by atoms with Crippen LogP contribution in [-0.4, -0.2) is 39.1 Å². The molecule has 3 rings (SSSR count). The van der Waals surface area contributed by atoms with Crippen molar-refractivity contribution in [3.63, 3.8) is 0 Å². The molecule has 13 heteroatoms. The molecule has 1 aromatic heterocycles. The second-order valence-corrected chi connectivity index (χ2v) is 8.56. The molecule has 0 atom stereocenters. The molecule has 0 aliphatic heterocycles. The lowest BCUT2D eigenvalue weighted by molar-refractivity contribution is -0.303. The highest BCUT2D eigenvalue weighted by Crippen LogP contribution is 2.30. The van der Waals surface area contributed by atoms with E-state index in [1.807, 2.05) is 5.32 Å². The normalized spacial score (nSPS) is 10.6. The number of aromatic hydroxyl groups is 2. The van der Waals surface area contributed by atoms with Gasteiger partial charge in [-0.2, -0.15) is 0 Å². The van der Waals surface area contributed by atoms with E-state index in [9.17, 15) is 34.5 Å². The van der Waals surface area contributed by atoms with Crippen LogP contribution in [-0.2, 0) is 17.9 Å². The van der Waals surface area contributed by atoms with Crippen molar-refractivity contribution in [2.75, 3.05) is 6.54 Å². The Morgan fingerprint density at radius 2 is 1.44 bits per heavy atom. The Kier molecular flexibility index (Phi) is 8.46. The third kappa shape index (κ3) is 5.73. The van der Waals surface area contributed by atoms with Gasteiger partial charge in [0.05, 0.1) is 19.1 Å². The van der Waals surface area contributed by atoms with Gasteiger partial charge >= 0.3 is 0 Å². The fraction of sp³-hybridized carbons (Fsp3) is 0.130. The second-order valence-electron chi connectivity index (χ2n) is 7.34. The van der Waals surface area contributed by atoms with Crippen LogP contribution < -0.4 is 21.3 Å². The van der Waals surface area contributed by atoms with Gasteiger partial charge in [0.1, 0.15) is 11.1 Å². The van der Waals surface area contributed by atoms with Crippen LogP contribution in [0.25, 0.3) is 0 Å². The second kappa shape index (κ2) is 11.3. The van der Waals surface area contributed by atoms with Crippen LogP contribution in [0.3, 0.4) is 0 Å². The van der Waals surface area contributed by atoms with E-state index < -0.39 is 52.6 Å². The largest absolute Gasteiger partial charge is 0.548 e. The van der Waals surface area contributed by atoms with Crippen LogP contribution in [0.4, 0.5) is 0 Å². The SMILES string of the molecule is O=C([O-])CNC(=O)c1c(O)c(C(=O)NCc2c(Cl)cccc2Cl)c(O)n(Cc2ccccc2Cl)c1=O.